The van der Waals surface area contributed by atoms with Crippen LogP contribution in [0.5, 0.6) is 0 Å². The van der Waals surface area contributed by atoms with Gasteiger partial charge in [-0.3, -0.25) is 10.1 Å². The first-order valence-electron chi connectivity index (χ1n) is 9.32. The second-order valence-corrected chi connectivity index (χ2v) is 9.39. The fourth-order valence-electron chi connectivity index (χ4n) is 3.45. The molecular formula is C19H26N4O2S2. The average molecular weight is 407 g/mol. The average Bonchev–Trinajstić information content (AvgIpc) is 2.88. The summed E-state index contributed by atoms with van der Waals surface area (Å²) in [6, 6.07) is -0.245. The molecule has 8 heteroatoms. The normalized spacial score (nSPS) is 19.9. The van der Waals surface area contributed by atoms with Gasteiger partial charge in [-0.25, -0.2) is 14.8 Å². The predicted octanol–water partition coefficient (Wildman–Crippen LogP) is 4.11. The van der Waals surface area contributed by atoms with E-state index in [1.165, 1.54) is 23.1 Å². The van der Waals surface area contributed by atoms with E-state index in [0.717, 1.165) is 40.1 Å². The smallest absolute Gasteiger partial charge is 0.321 e. The Hall–Kier alpha value is -1.67. The Bertz CT molecular complexity index is 865. The van der Waals surface area contributed by atoms with Gasteiger partial charge in [0.05, 0.1) is 5.75 Å². The second-order valence-electron chi connectivity index (χ2n) is 7.22. The van der Waals surface area contributed by atoms with Gasteiger partial charge in [0.2, 0.25) is 5.91 Å². The minimum absolute atomic E-state index is 0.146. The lowest BCUT2D eigenvalue weighted by Crippen LogP contribution is -2.48. The van der Waals surface area contributed by atoms with Crippen molar-refractivity contribution in [2.45, 2.75) is 64.4 Å². The molecule has 3 rings (SSSR count). The monoisotopic (exact) mass is 406 g/mol. The highest BCUT2D eigenvalue weighted by Gasteiger charge is 2.23. The topological polar surface area (TPSA) is 84.0 Å². The number of aryl methyl sites for hydroxylation is 3. The van der Waals surface area contributed by atoms with Crippen LogP contribution in [0.2, 0.25) is 0 Å². The van der Waals surface area contributed by atoms with Gasteiger partial charge in [-0.05, 0) is 45.1 Å². The molecule has 0 bridgehead atoms. The molecule has 0 aliphatic heterocycles. The summed E-state index contributed by atoms with van der Waals surface area (Å²) in [5.41, 5.74) is 1.15. The quantitative estimate of drug-likeness (QED) is 0.590. The number of rotatable bonds is 4. The maximum Gasteiger partial charge on any atom is 0.321 e. The van der Waals surface area contributed by atoms with Gasteiger partial charge in [0.25, 0.3) is 0 Å². The van der Waals surface area contributed by atoms with E-state index in [4.69, 9.17) is 0 Å². The lowest BCUT2D eigenvalue weighted by molar-refractivity contribution is -0.117. The molecule has 1 aliphatic carbocycles. The highest BCUT2D eigenvalue weighted by atomic mass is 32.2. The van der Waals surface area contributed by atoms with E-state index < -0.39 is 6.03 Å². The van der Waals surface area contributed by atoms with Crippen molar-refractivity contribution in [3.63, 3.8) is 0 Å². The predicted molar refractivity (Wildman–Crippen MR) is 110 cm³/mol. The largest absolute Gasteiger partial charge is 0.335 e. The maximum absolute atomic E-state index is 12.2. The molecule has 1 fully saturated rings. The molecule has 2 unspecified atom stereocenters. The van der Waals surface area contributed by atoms with Crippen molar-refractivity contribution < 1.29 is 9.59 Å². The van der Waals surface area contributed by atoms with E-state index in [2.05, 4.69) is 41.4 Å². The Kier molecular flexibility index (Phi) is 6.37. The van der Waals surface area contributed by atoms with Crippen LogP contribution in [-0.2, 0) is 4.79 Å². The molecule has 2 aromatic rings. The second kappa shape index (κ2) is 8.56. The molecule has 1 saturated carbocycles. The van der Waals surface area contributed by atoms with Crippen LogP contribution in [0.1, 0.15) is 48.9 Å². The molecule has 146 valence electrons. The van der Waals surface area contributed by atoms with Crippen molar-refractivity contribution in [2.24, 2.45) is 5.92 Å². The highest BCUT2D eigenvalue weighted by Crippen LogP contribution is 2.35. The molecule has 0 saturated heterocycles. The minimum atomic E-state index is -0.397. The number of fused-ring (bicyclic) bond motifs is 1. The first-order chi connectivity index (χ1) is 12.8. The first-order valence-corrected chi connectivity index (χ1v) is 11.1. The van der Waals surface area contributed by atoms with Crippen LogP contribution in [-0.4, -0.2) is 33.7 Å². The lowest BCUT2D eigenvalue weighted by Gasteiger charge is -2.29. The van der Waals surface area contributed by atoms with Gasteiger partial charge in [-0.15, -0.1) is 11.3 Å². The number of hydrogen-bond acceptors (Lipinski definition) is 6. The zero-order valence-electron chi connectivity index (χ0n) is 16.2. The summed E-state index contributed by atoms with van der Waals surface area (Å²) < 4.78 is 0. The molecule has 1 aliphatic rings. The molecule has 6 nitrogen and oxygen atoms in total. The van der Waals surface area contributed by atoms with Gasteiger partial charge in [0.15, 0.2) is 0 Å². The number of urea groups is 1. The van der Waals surface area contributed by atoms with E-state index in [-0.39, 0.29) is 17.7 Å². The van der Waals surface area contributed by atoms with Crippen LogP contribution in [0, 0.1) is 26.7 Å². The molecule has 2 aromatic heterocycles. The van der Waals surface area contributed by atoms with Gasteiger partial charge in [0.1, 0.15) is 15.7 Å². The number of hydrogen-bond donors (Lipinski definition) is 2. The first kappa shape index (κ1) is 20.1. The molecule has 2 atom stereocenters. The SMILES string of the molecule is Cc1nc(SCC(=O)NC(=O)NC2CCCCC2C)c2c(C)c(C)sc2n1. The molecule has 0 radical (unpaired) electrons. The Morgan fingerprint density at radius 3 is 2.67 bits per heavy atom. The number of nitrogens with one attached hydrogen (secondary N) is 2. The van der Waals surface area contributed by atoms with Crippen LogP contribution in [0.4, 0.5) is 4.79 Å². The fraction of sp³-hybridized carbons (Fsp3) is 0.579. The molecule has 0 aromatic carbocycles. The number of amides is 3. The number of carbonyl (C=O) groups excluding carboxylic acids is 2. The van der Waals surface area contributed by atoms with Gasteiger partial charge in [-0.1, -0.05) is 31.5 Å². The Morgan fingerprint density at radius 2 is 1.93 bits per heavy atom. The lowest BCUT2D eigenvalue weighted by atomic mass is 9.86. The van der Waals surface area contributed by atoms with Crippen molar-refractivity contribution in [1.82, 2.24) is 20.6 Å². The van der Waals surface area contributed by atoms with Crippen molar-refractivity contribution >= 4 is 45.3 Å². The fourth-order valence-corrected chi connectivity index (χ4v) is 5.52. The van der Waals surface area contributed by atoms with E-state index in [0.29, 0.717) is 11.7 Å². The summed E-state index contributed by atoms with van der Waals surface area (Å²) in [5, 5.41) is 7.21. The highest BCUT2D eigenvalue weighted by molar-refractivity contribution is 8.00. The van der Waals surface area contributed by atoms with Crippen LogP contribution >= 0.6 is 23.1 Å². The number of thiophene rings is 1. The van der Waals surface area contributed by atoms with Gasteiger partial charge >= 0.3 is 6.03 Å². The van der Waals surface area contributed by atoms with Gasteiger partial charge < -0.3 is 5.32 Å². The minimum Gasteiger partial charge on any atom is -0.335 e. The van der Waals surface area contributed by atoms with Crippen LogP contribution in [0.25, 0.3) is 10.2 Å². The number of nitrogens with zero attached hydrogens (tertiary/aromatic N) is 2. The standard InChI is InChI=1S/C19H26N4O2S2/c1-10-7-5-6-8-14(10)22-19(25)23-15(24)9-26-17-16-11(2)12(3)27-18(16)21-13(4)20-17/h10,14H,5-9H2,1-4H3,(H2,22,23,24,25). The third kappa shape index (κ3) is 4.79. The van der Waals surface area contributed by atoms with E-state index in [1.807, 2.05) is 6.92 Å². The Morgan fingerprint density at radius 1 is 1.19 bits per heavy atom. The summed E-state index contributed by atoms with van der Waals surface area (Å²) in [5.74, 6) is 0.981. The van der Waals surface area contributed by atoms with Gasteiger partial charge in [-0.2, -0.15) is 0 Å². The van der Waals surface area contributed by atoms with E-state index in [1.54, 1.807) is 11.3 Å². The van der Waals surface area contributed by atoms with Crippen molar-refractivity contribution in [3.8, 4) is 0 Å². The molecule has 2 heterocycles. The Balaban J connectivity index is 1.59. The van der Waals surface area contributed by atoms with Crippen molar-refractivity contribution in [2.75, 3.05) is 5.75 Å². The molecular weight excluding hydrogens is 380 g/mol. The molecule has 27 heavy (non-hydrogen) atoms. The van der Waals surface area contributed by atoms with E-state index >= 15 is 0 Å². The van der Waals surface area contributed by atoms with E-state index in [9.17, 15) is 9.59 Å². The summed E-state index contributed by atoms with van der Waals surface area (Å²) in [4.78, 5) is 35.5. The summed E-state index contributed by atoms with van der Waals surface area (Å²) in [6.45, 7) is 8.12. The number of carbonyl (C=O) groups is 2. The summed E-state index contributed by atoms with van der Waals surface area (Å²) in [7, 11) is 0. The van der Waals surface area contributed by atoms with Gasteiger partial charge in [0, 0.05) is 16.3 Å². The maximum atomic E-state index is 12.2. The third-order valence-electron chi connectivity index (χ3n) is 5.13. The number of aromatic nitrogens is 2. The van der Waals surface area contributed by atoms with Crippen molar-refractivity contribution in [3.05, 3.63) is 16.3 Å². The summed E-state index contributed by atoms with van der Waals surface area (Å²) >= 11 is 2.99. The van der Waals surface area contributed by atoms with Crippen LogP contribution < -0.4 is 10.6 Å². The number of thioether (sulfide) groups is 1. The molecule has 0 spiro atoms. The zero-order chi connectivity index (χ0) is 19.6. The third-order valence-corrected chi connectivity index (χ3v) is 7.20. The zero-order valence-corrected chi connectivity index (χ0v) is 17.9. The van der Waals surface area contributed by atoms with Crippen molar-refractivity contribution in [1.29, 1.82) is 0 Å². The van der Waals surface area contributed by atoms with Crippen LogP contribution in [0.3, 0.4) is 0 Å². The molecule has 2 N–H and O–H groups in total. The Labute approximate surface area is 167 Å². The number of imide groups is 1. The summed E-state index contributed by atoms with van der Waals surface area (Å²) in [6.07, 6.45) is 4.44. The molecule has 3 amide bonds. The van der Waals surface area contributed by atoms with Crippen LogP contribution in [0.15, 0.2) is 5.03 Å².